The molecule has 0 bridgehead atoms. The molecule has 0 heterocycles. The molecule has 160 valence electrons. The van der Waals surface area contributed by atoms with Crippen LogP contribution < -0.4 is 10.1 Å². The van der Waals surface area contributed by atoms with E-state index in [4.69, 9.17) is 4.74 Å². The van der Waals surface area contributed by atoms with E-state index in [-0.39, 0.29) is 12.9 Å². The van der Waals surface area contributed by atoms with Gasteiger partial charge in [0.15, 0.2) is 0 Å². The maximum atomic E-state index is 13.2. The van der Waals surface area contributed by atoms with Crippen molar-refractivity contribution in [2.75, 3.05) is 12.4 Å². The Balaban J connectivity index is 0.00000289. The normalized spacial score (nSPS) is 14.0. The molecule has 0 radical (unpaired) electrons. The van der Waals surface area contributed by atoms with Gasteiger partial charge >= 0.3 is 5.97 Å². The number of amides is 1. The smallest absolute Gasteiger partial charge is 0.335 e. The molecule has 1 fully saturated rings. The van der Waals surface area contributed by atoms with Gasteiger partial charge in [0.05, 0.1) is 18.1 Å². The van der Waals surface area contributed by atoms with E-state index in [9.17, 15) is 14.7 Å². The summed E-state index contributed by atoms with van der Waals surface area (Å²) in [4.78, 5) is 24.7. The number of aromatic carboxylic acids is 1. The van der Waals surface area contributed by atoms with Gasteiger partial charge in [0.25, 0.3) is 0 Å². The second-order valence-corrected chi connectivity index (χ2v) is 8.08. The Kier molecular flexibility index (Phi) is 5.27. The topological polar surface area (TPSA) is 75.6 Å². The lowest BCUT2D eigenvalue weighted by Gasteiger charge is -2.18. The fraction of sp³-hybridized carbons (Fsp3) is 0.231. The number of anilines is 1. The molecule has 3 aromatic rings. The number of aryl methyl sites for hydroxylation is 1. The number of carbonyl (C=O) groups excluding carboxylic acids is 1. The van der Waals surface area contributed by atoms with Crippen LogP contribution in [0.2, 0.25) is 0 Å². The second-order valence-electron chi connectivity index (χ2n) is 8.08. The zero-order valence-corrected chi connectivity index (χ0v) is 17.9. The van der Waals surface area contributed by atoms with Gasteiger partial charge in [-0.2, -0.15) is 0 Å². The minimum Gasteiger partial charge on any atom is -0.497 e. The average molecular weight is 418 g/mol. The lowest BCUT2D eigenvalue weighted by atomic mass is 9.92. The van der Waals surface area contributed by atoms with Crippen LogP contribution in [0.25, 0.3) is 11.1 Å². The molecule has 5 heteroatoms. The number of carboxylic acids is 1. The van der Waals surface area contributed by atoms with Gasteiger partial charge in [-0.05, 0) is 84.8 Å². The molecule has 3 aromatic carbocycles. The fourth-order valence-electron chi connectivity index (χ4n) is 4.08. The summed E-state index contributed by atoms with van der Waals surface area (Å²) in [5.41, 5.74) is 4.95. The highest BCUT2D eigenvalue weighted by Crippen LogP contribution is 2.49. The van der Waals surface area contributed by atoms with Crippen molar-refractivity contribution in [2.24, 2.45) is 0 Å². The lowest BCUT2D eigenvalue weighted by Crippen LogP contribution is -2.27. The number of carbonyl (C=O) groups is 2. The van der Waals surface area contributed by atoms with Crippen molar-refractivity contribution >= 4 is 17.6 Å². The zero-order chi connectivity index (χ0) is 22.2. The minimum absolute atomic E-state index is 0. The molecule has 0 unspecified atom stereocenters. The Morgan fingerprint density at radius 3 is 2.32 bits per heavy atom. The number of nitrogens with one attached hydrogen (secondary N) is 1. The molecule has 0 atom stereocenters. The van der Waals surface area contributed by atoms with Gasteiger partial charge in [0.1, 0.15) is 5.75 Å². The van der Waals surface area contributed by atoms with Crippen molar-refractivity contribution in [3.05, 3.63) is 82.9 Å². The number of ether oxygens (including phenoxy) is 1. The molecule has 0 aliphatic heterocycles. The summed E-state index contributed by atoms with van der Waals surface area (Å²) in [6.45, 7) is 3.79. The van der Waals surface area contributed by atoms with Gasteiger partial charge in [-0.1, -0.05) is 30.3 Å². The third-order valence-electron chi connectivity index (χ3n) is 6.18. The van der Waals surface area contributed by atoms with Crippen molar-refractivity contribution < 1.29 is 20.9 Å². The van der Waals surface area contributed by atoms with Crippen molar-refractivity contribution in [3.8, 4) is 16.9 Å². The van der Waals surface area contributed by atoms with E-state index in [0.29, 0.717) is 11.3 Å². The molecule has 0 spiro atoms. The highest BCUT2D eigenvalue weighted by Gasteiger charge is 2.51. The summed E-state index contributed by atoms with van der Waals surface area (Å²) >= 11 is 0. The van der Waals surface area contributed by atoms with Crippen LogP contribution in [0.1, 0.15) is 41.3 Å². The van der Waals surface area contributed by atoms with E-state index in [2.05, 4.69) is 5.32 Å². The Bertz CT molecular complexity index is 1170. The van der Waals surface area contributed by atoms with Gasteiger partial charge in [-0.25, -0.2) is 4.79 Å². The first-order valence-corrected chi connectivity index (χ1v) is 10.3. The molecule has 5 nitrogen and oxygen atoms in total. The number of hydrogen-bond donors (Lipinski definition) is 2. The van der Waals surface area contributed by atoms with E-state index in [1.54, 1.807) is 19.2 Å². The lowest BCUT2D eigenvalue weighted by molar-refractivity contribution is -0.118. The van der Waals surface area contributed by atoms with Crippen LogP contribution in [-0.2, 0) is 10.2 Å². The minimum atomic E-state index is -0.948. The highest BCUT2D eigenvalue weighted by atomic mass is 16.5. The van der Waals surface area contributed by atoms with Crippen LogP contribution in [-0.4, -0.2) is 24.1 Å². The Hall–Kier alpha value is -3.60. The van der Waals surface area contributed by atoms with Crippen LogP contribution in [0.3, 0.4) is 0 Å². The zero-order valence-electron chi connectivity index (χ0n) is 17.9. The molecule has 0 saturated heterocycles. The van der Waals surface area contributed by atoms with Gasteiger partial charge in [-0.3, -0.25) is 4.79 Å². The molecule has 1 amide bonds. The number of carboxylic acid groups (broad SMARTS) is 1. The predicted octanol–water partition coefficient (Wildman–Crippen LogP) is 5.59. The quantitative estimate of drug-likeness (QED) is 0.548. The summed E-state index contributed by atoms with van der Waals surface area (Å²) < 4.78 is 5.22. The molecule has 31 heavy (non-hydrogen) atoms. The molecule has 4 rings (SSSR count). The van der Waals surface area contributed by atoms with Gasteiger partial charge in [0, 0.05) is 7.11 Å². The monoisotopic (exact) mass is 417 g/mol. The van der Waals surface area contributed by atoms with E-state index in [1.165, 1.54) is 0 Å². The van der Waals surface area contributed by atoms with Crippen LogP contribution in [0.4, 0.5) is 5.69 Å². The summed E-state index contributed by atoms with van der Waals surface area (Å²) in [6, 6.07) is 18.7. The number of hydrogen-bond acceptors (Lipinski definition) is 3. The summed E-state index contributed by atoms with van der Waals surface area (Å²) in [6.07, 6.45) is 1.62. The van der Waals surface area contributed by atoms with Crippen LogP contribution in [0.15, 0.2) is 60.7 Å². The van der Waals surface area contributed by atoms with Gasteiger partial charge in [0.2, 0.25) is 5.91 Å². The first-order valence-electron chi connectivity index (χ1n) is 10.3. The average Bonchev–Trinajstić information content (AvgIpc) is 3.57. The Morgan fingerprint density at radius 1 is 1.00 bits per heavy atom. The van der Waals surface area contributed by atoms with Crippen LogP contribution in [0, 0.1) is 13.8 Å². The standard InChI is InChI=1S/C26H25NO4.H2/c1-16-7-10-19(15-23(16)21-5-4-6-22(17(21)2)24(28)29)27-25(30)26(13-14-26)18-8-11-20(31-3)12-9-18;/h4-12,15H,13-14H2,1-3H3,(H,27,30)(H,28,29);1H. The maximum absolute atomic E-state index is 13.2. The molecular formula is C26H27NO4. The van der Waals surface area contributed by atoms with E-state index in [0.717, 1.165) is 40.8 Å². The first kappa shape index (κ1) is 20.7. The van der Waals surface area contributed by atoms with Crippen LogP contribution >= 0.6 is 0 Å². The van der Waals surface area contributed by atoms with Gasteiger partial charge < -0.3 is 15.2 Å². The summed E-state index contributed by atoms with van der Waals surface area (Å²) in [5, 5.41) is 12.5. The fourth-order valence-corrected chi connectivity index (χ4v) is 4.08. The van der Waals surface area contributed by atoms with Crippen molar-refractivity contribution in [1.82, 2.24) is 0 Å². The Labute approximate surface area is 183 Å². The Morgan fingerprint density at radius 2 is 1.71 bits per heavy atom. The summed E-state index contributed by atoms with van der Waals surface area (Å²) in [5.74, 6) is -0.206. The molecule has 1 aliphatic rings. The predicted molar refractivity (Wildman–Crippen MR) is 123 cm³/mol. The van der Waals surface area contributed by atoms with E-state index < -0.39 is 11.4 Å². The molecule has 1 saturated carbocycles. The maximum Gasteiger partial charge on any atom is 0.335 e. The van der Waals surface area contributed by atoms with Gasteiger partial charge in [-0.15, -0.1) is 0 Å². The van der Waals surface area contributed by atoms with E-state index in [1.807, 2.05) is 62.4 Å². The first-order chi connectivity index (χ1) is 14.9. The van der Waals surface area contributed by atoms with Crippen molar-refractivity contribution in [3.63, 3.8) is 0 Å². The third-order valence-corrected chi connectivity index (χ3v) is 6.18. The number of methoxy groups -OCH3 is 1. The molecule has 0 aromatic heterocycles. The van der Waals surface area contributed by atoms with Crippen molar-refractivity contribution in [2.45, 2.75) is 32.1 Å². The third kappa shape index (κ3) is 3.79. The second kappa shape index (κ2) is 7.91. The molecular weight excluding hydrogens is 390 g/mol. The number of benzene rings is 3. The van der Waals surface area contributed by atoms with Crippen LogP contribution in [0.5, 0.6) is 5.75 Å². The molecule has 1 aliphatic carbocycles. The highest BCUT2D eigenvalue weighted by molar-refractivity contribution is 6.02. The van der Waals surface area contributed by atoms with E-state index >= 15 is 0 Å². The molecule has 2 N–H and O–H groups in total. The SMILES string of the molecule is COc1ccc(C2(C(=O)Nc3ccc(C)c(-c4cccc(C(=O)O)c4C)c3)CC2)cc1.[HH]. The summed E-state index contributed by atoms with van der Waals surface area (Å²) in [7, 11) is 1.62. The largest absolute Gasteiger partial charge is 0.497 e. The number of rotatable bonds is 6. The van der Waals surface area contributed by atoms with Crippen molar-refractivity contribution in [1.29, 1.82) is 0 Å².